The SMILES string of the molecule is N=C(N)c1ccc2cc(N3CCCCC3)ccc2n1. The molecule has 0 radical (unpaired) electrons. The van der Waals surface area contributed by atoms with E-state index in [1.807, 2.05) is 18.2 Å². The smallest absolute Gasteiger partial charge is 0.141 e. The Morgan fingerprint density at radius 3 is 2.63 bits per heavy atom. The number of piperidine rings is 1. The Morgan fingerprint density at radius 1 is 1.11 bits per heavy atom. The van der Waals surface area contributed by atoms with Crippen LogP contribution >= 0.6 is 0 Å². The molecular formula is C15H18N4. The van der Waals surface area contributed by atoms with E-state index in [0.29, 0.717) is 5.69 Å². The molecule has 0 unspecified atom stereocenters. The van der Waals surface area contributed by atoms with Gasteiger partial charge >= 0.3 is 0 Å². The van der Waals surface area contributed by atoms with Crippen LogP contribution in [-0.2, 0) is 0 Å². The largest absolute Gasteiger partial charge is 0.382 e. The summed E-state index contributed by atoms with van der Waals surface area (Å²) in [6.45, 7) is 2.29. The first kappa shape index (κ1) is 12.0. The van der Waals surface area contributed by atoms with Gasteiger partial charge < -0.3 is 10.6 Å². The average molecular weight is 254 g/mol. The molecule has 3 N–H and O–H groups in total. The van der Waals surface area contributed by atoms with Crippen LogP contribution in [0.5, 0.6) is 0 Å². The number of fused-ring (bicyclic) bond motifs is 1. The highest BCUT2D eigenvalue weighted by Crippen LogP contribution is 2.24. The molecule has 19 heavy (non-hydrogen) atoms. The molecule has 0 aliphatic carbocycles. The Labute approximate surface area is 112 Å². The van der Waals surface area contributed by atoms with Crippen LogP contribution in [0.3, 0.4) is 0 Å². The fourth-order valence-electron chi connectivity index (χ4n) is 2.61. The van der Waals surface area contributed by atoms with Crippen molar-refractivity contribution in [1.29, 1.82) is 5.41 Å². The highest BCUT2D eigenvalue weighted by Gasteiger charge is 2.11. The zero-order valence-corrected chi connectivity index (χ0v) is 10.9. The molecule has 0 saturated carbocycles. The maximum Gasteiger partial charge on any atom is 0.141 e. The van der Waals surface area contributed by atoms with Crippen molar-refractivity contribution in [3.63, 3.8) is 0 Å². The van der Waals surface area contributed by atoms with E-state index in [1.54, 1.807) is 0 Å². The molecule has 3 rings (SSSR count). The second-order valence-corrected chi connectivity index (χ2v) is 5.03. The number of amidine groups is 1. The van der Waals surface area contributed by atoms with Crippen molar-refractivity contribution in [1.82, 2.24) is 4.98 Å². The number of pyridine rings is 1. The Bertz CT molecular complexity index is 615. The van der Waals surface area contributed by atoms with E-state index < -0.39 is 0 Å². The van der Waals surface area contributed by atoms with Crippen LogP contribution in [0.15, 0.2) is 30.3 Å². The van der Waals surface area contributed by atoms with Gasteiger partial charge in [0.15, 0.2) is 0 Å². The zero-order chi connectivity index (χ0) is 13.2. The molecule has 1 aliphatic heterocycles. The molecule has 0 amide bonds. The maximum atomic E-state index is 7.42. The number of hydrogen-bond acceptors (Lipinski definition) is 3. The summed E-state index contributed by atoms with van der Waals surface area (Å²) in [5.41, 5.74) is 8.17. The Kier molecular flexibility index (Phi) is 3.07. The summed E-state index contributed by atoms with van der Waals surface area (Å²) < 4.78 is 0. The van der Waals surface area contributed by atoms with E-state index in [-0.39, 0.29) is 5.84 Å². The number of nitrogens with zero attached hydrogens (tertiary/aromatic N) is 2. The molecule has 2 aromatic rings. The van der Waals surface area contributed by atoms with E-state index in [4.69, 9.17) is 11.1 Å². The van der Waals surface area contributed by atoms with Gasteiger partial charge in [-0.2, -0.15) is 0 Å². The molecular weight excluding hydrogens is 236 g/mol. The number of hydrogen-bond donors (Lipinski definition) is 2. The number of benzene rings is 1. The Hall–Kier alpha value is -2.10. The lowest BCUT2D eigenvalue weighted by Crippen LogP contribution is -2.29. The van der Waals surface area contributed by atoms with Crippen molar-refractivity contribution in [3.05, 3.63) is 36.0 Å². The molecule has 2 heterocycles. The van der Waals surface area contributed by atoms with Crippen LogP contribution in [0.25, 0.3) is 10.9 Å². The lowest BCUT2D eigenvalue weighted by atomic mass is 10.1. The van der Waals surface area contributed by atoms with Crippen molar-refractivity contribution < 1.29 is 0 Å². The van der Waals surface area contributed by atoms with Crippen LogP contribution in [0.4, 0.5) is 5.69 Å². The van der Waals surface area contributed by atoms with Gasteiger partial charge in [-0.05, 0) is 43.5 Å². The minimum atomic E-state index is 0.0157. The highest BCUT2D eigenvalue weighted by atomic mass is 15.1. The number of rotatable bonds is 2. The fraction of sp³-hybridized carbons (Fsp3) is 0.333. The lowest BCUT2D eigenvalue weighted by molar-refractivity contribution is 0.578. The van der Waals surface area contributed by atoms with Crippen LogP contribution in [0, 0.1) is 5.41 Å². The molecule has 1 aromatic carbocycles. The van der Waals surface area contributed by atoms with Crippen LogP contribution < -0.4 is 10.6 Å². The van der Waals surface area contributed by atoms with Crippen molar-refractivity contribution in [2.75, 3.05) is 18.0 Å². The van der Waals surface area contributed by atoms with E-state index in [1.165, 1.54) is 24.9 Å². The number of aromatic nitrogens is 1. The monoisotopic (exact) mass is 254 g/mol. The second-order valence-electron chi connectivity index (χ2n) is 5.03. The van der Waals surface area contributed by atoms with Crippen LogP contribution in [-0.4, -0.2) is 23.9 Å². The zero-order valence-electron chi connectivity index (χ0n) is 10.9. The van der Waals surface area contributed by atoms with Crippen LogP contribution in [0.1, 0.15) is 25.0 Å². The van der Waals surface area contributed by atoms with Gasteiger partial charge in [0, 0.05) is 24.2 Å². The first-order chi connectivity index (χ1) is 9.24. The van der Waals surface area contributed by atoms with E-state index >= 15 is 0 Å². The van der Waals surface area contributed by atoms with Gasteiger partial charge in [0.1, 0.15) is 11.5 Å². The summed E-state index contributed by atoms with van der Waals surface area (Å²) in [7, 11) is 0. The number of nitrogens with two attached hydrogens (primary N) is 1. The quantitative estimate of drug-likeness (QED) is 0.639. The third-order valence-electron chi connectivity index (χ3n) is 3.67. The molecule has 1 aliphatic rings. The summed E-state index contributed by atoms with van der Waals surface area (Å²) in [6.07, 6.45) is 3.90. The molecule has 98 valence electrons. The van der Waals surface area contributed by atoms with E-state index in [2.05, 4.69) is 22.0 Å². The molecule has 0 atom stereocenters. The van der Waals surface area contributed by atoms with Gasteiger partial charge in [-0.3, -0.25) is 5.41 Å². The molecule has 4 heteroatoms. The molecule has 1 aromatic heterocycles. The standard InChI is InChI=1S/C15H18N4/c16-15(17)14-6-4-11-10-12(5-7-13(11)18-14)19-8-2-1-3-9-19/h4-7,10H,1-3,8-9H2,(H3,16,17). The van der Waals surface area contributed by atoms with Gasteiger partial charge in [0.2, 0.25) is 0 Å². The van der Waals surface area contributed by atoms with Crippen molar-refractivity contribution in [2.45, 2.75) is 19.3 Å². The van der Waals surface area contributed by atoms with E-state index in [9.17, 15) is 0 Å². The summed E-state index contributed by atoms with van der Waals surface area (Å²) in [4.78, 5) is 6.83. The molecule has 0 spiro atoms. The number of anilines is 1. The van der Waals surface area contributed by atoms with Crippen LogP contribution in [0.2, 0.25) is 0 Å². The predicted octanol–water partition coefficient (Wildman–Crippen LogP) is 2.51. The van der Waals surface area contributed by atoms with Crippen molar-refractivity contribution in [2.24, 2.45) is 5.73 Å². The highest BCUT2D eigenvalue weighted by molar-refractivity contribution is 5.95. The average Bonchev–Trinajstić information content (AvgIpc) is 2.47. The number of nitrogen functional groups attached to an aromatic ring is 1. The third-order valence-corrected chi connectivity index (χ3v) is 3.67. The molecule has 4 nitrogen and oxygen atoms in total. The summed E-state index contributed by atoms with van der Waals surface area (Å²) in [5, 5.41) is 8.52. The predicted molar refractivity (Wildman–Crippen MR) is 78.8 cm³/mol. The summed E-state index contributed by atoms with van der Waals surface area (Å²) >= 11 is 0. The summed E-state index contributed by atoms with van der Waals surface area (Å²) in [6, 6.07) is 10.1. The lowest BCUT2D eigenvalue weighted by Gasteiger charge is -2.29. The minimum absolute atomic E-state index is 0.0157. The fourth-order valence-corrected chi connectivity index (χ4v) is 2.61. The van der Waals surface area contributed by atoms with Gasteiger partial charge in [-0.25, -0.2) is 4.98 Å². The minimum Gasteiger partial charge on any atom is -0.382 e. The molecule has 1 fully saturated rings. The third kappa shape index (κ3) is 2.38. The van der Waals surface area contributed by atoms with Gasteiger partial charge in [-0.1, -0.05) is 6.07 Å². The topological polar surface area (TPSA) is 66.0 Å². The first-order valence-corrected chi connectivity index (χ1v) is 6.74. The number of nitrogens with one attached hydrogen (secondary N) is 1. The molecule has 0 bridgehead atoms. The van der Waals surface area contributed by atoms with E-state index in [0.717, 1.165) is 24.0 Å². The van der Waals surface area contributed by atoms with Crippen molar-refractivity contribution in [3.8, 4) is 0 Å². The maximum absolute atomic E-state index is 7.42. The van der Waals surface area contributed by atoms with Gasteiger partial charge in [0.25, 0.3) is 0 Å². The Morgan fingerprint density at radius 2 is 1.89 bits per heavy atom. The second kappa shape index (κ2) is 4.88. The van der Waals surface area contributed by atoms with Gasteiger partial charge in [0.05, 0.1) is 5.52 Å². The first-order valence-electron chi connectivity index (χ1n) is 6.74. The summed E-state index contributed by atoms with van der Waals surface area (Å²) in [5.74, 6) is 0.0157. The Balaban J connectivity index is 1.97. The molecule has 1 saturated heterocycles. The normalized spacial score (nSPS) is 15.7. The van der Waals surface area contributed by atoms with Gasteiger partial charge in [-0.15, -0.1) is 0 Å². The van der Waals surface area contributed by atoms with Crippen molar-refractivity contribution >= 4 is 22.4 Å².